The second-order valence-corrected chi connectivity index (χ2v) is 8.39. The molecule has 180 valence electrons. The molecule has 3 amide bonds. The Morgan fingerprint density at radius 1 is 1.00 bits per heavy atom. The van der Waals surface area contributed by atoms with Crippen LogP contribution < -0.4 is 27.4 Å². The molecule has 0 heterocycles. The van der Waals surface area contributed by atoms with Gasteiger partial charge in [-0.15, -0.1) is 0 Å². The molecule has 0 aromatic rings. The van der Waals surface area contributed by atoms with E-state index in [1.807, 2.05) is 6.26 Å². The summed E-state index contributed by atoms with van der Waals surface area (Å²) in [5.41, 5.74) is 11.2. The van der Waals surface area contributed by atoms with Crippen LogP contribution in [-0.4, -0.2) is 88.5 Å². The quantitative estimate of drug-likeness (QED) is 0.0911. The minimum Gasteiger partial charge on any atom is -0.480 e. The molecule has 13 heteroatoms. The number of aliphatic hydroxyl groups is 1. The molecule has 5 unspecified atom stereocenters. The van der Waals surface area contributed by atoms with E-state index >= 15 is 0 Å². The van der Waals surface area contributed by atoms with E-state index in [0.29, 0.717) is 31.6 Å². The van der Waals surface area contributed by atoms with Crippen LogP contribution in [0.25, 0.3) is 0 Å². The molecule has 0 aliphatic carbocycles. The van der Waals surface area contributed by atoms with E-state index in [-0.39, 0.29) is 12.2 Å². The van der Waals surface area contributed by atoms with Crippen molar-refractivity contribution in [1.29, 1.82) is 0 Å². The third kappa shape index (κ3) is 11.6. The third-order valence-electron chi connectivity index (χ3n) is 4.41. The molecule has 0 bridgehead atoms. The van der Waals surface area contributed by atoms with Gasteiger partial charge in [-0.25, -0.2) is 4.79 Å². The number of hydrogen-bond donors (Lipinski definition) is 8. The average Bonchev–Trinajstić information content (AvgIpc) is 2.72. The first-order chi connectivity index (χ1) is 14.6. The van der Waals surface area contributed by atoms with E-state index in [1.165, 1.54) is 18.7 Å². The molecule has 31 heavy (non-hydrogen) atoms. The number of carbonyl (C=O) groups is 4. The number of nitrogens with one attached hydrogen (secondary N) is 3. The van der Waals surface area contributed by atoms with Gasteiger partial charge in [0.2, 0.25) is 17.7 Å². The topological polar surface area (TPSA) is 197 Å². The Labute approximate surface area is 192 Å². The summed E-state index contributed by atoms with van der Waals surface area (Å²) in [4.78, 5) is 48.6. The van der Waals surface area contributed by atoms with Gasteiger partial charge >= 0.3 is 5.97 Å². The van der Waals surface area contributed by atoms with Gasteiger partial charge in [0.05, 0.1) is 12.1 Å². The first kappa shape index (κ1) is 29.5. The maximum Gasteiger partial charge on any atom is 0.326 e. The number of aliphatic hydroxyl groups excluding tert-OH is 1. The van der Waals surface area contributed by atoms with Gasteiger partial charge in [-0.1, -0.05) is 6.42 Å². The van der Waals surface area contributed by atoms with Crippen molar-refractivity contribution in [3.8, 4) is 0 Å². The monoisotopic (exact) mass is 481 g/mol. The number of carbonyl (C=O) groups excluding carboxylic acids is 3. The van der Waals surface area contributed by atoms with Crippen LogP contribution in [0.15, 0.2) is 0 Å². The fraction of sp³-hybridized carbons (Fsp3) is 0.778. The SMILES string of the molecule is CSCCC(NC(=O)C(CS)NC(=O)C(NC(=O)C(N)CCCCN)C(C)O)C(=O)O. The molecule has 0 aromatic heterocycles. The van der Waals surface area contributed by atoms with E-state index in [1.54, 1.807) is 0 Å². The number of aliphatic carboxylic acids is 1. The second kappa shape index (κ2) is 16.1. The smallest absolute Gasteiger partial charge is 0.326 e. The van der Waals surface area contributed by atoms with Crippen molar-refractivity contribution in [1.82, 2.24) is 16.0 Å². The van der Waals surface area contributed by atoms with Gasteiger partial charge in [0.25, 0.3) is 0 Å². The van der Waals surface area contributed by atoms with Gasteiger partial charge < -0.3 is 37.6 Å². The summed E-state index contributed by atoms with van der Waals surface area (Å²) in [7, 11) is 0. The number of nitrogens with two attached hydrogens (primary N) is 2. The summed E-state index contributed by atoms with van der Waals surface area (Å²) >= 11 is 5.47. The molecule has 0 rings (SSSR count). The van der Waals surface area contributed by atoms with Gasteiger partial charge in [0.15, 0.2) is 0 Å². The zero-order chi connectivity index (χ0) is 24.0. The van der Waals surface area contributed by atoms with E-state index in [9.17, 15) is 29.4 Å². The molecule has 5 atom stereocenters. The van der Waals surface area contributed by atoms with Crippen LogP contribution in [0.3, 0.4) is 0 Å². The van der Waals surface area contributed by atoms with Crippen molar-refractivity contribution in [2.24, 2.45) is 11.5 Å². The highest BCUT2D eigenvalue weighted by Crippen LogP contribution is 2.04. The zero-order valence-corrected chi connectivity index (χ0v) is 19.6. The van der Waals surface area contributed by atoms with Crippen LogP contribution in [0.5, 0.6) is 0 Å². The lowest BCUT2D eigenvalue weighted by Gasteiger charge is -2.25. The molecular formula is C18H35N5O6S2. The number of hydrogen-bond acceptors (Lipinski definition) is 9. The van der Waals surface area contributed by atoms with Crippen LogP contribution in [0, 0.1) is 0 Å². The predicted octanol–water partition coefficient (Wildman–Crippen LogP) is -1.95. The first-order valence-corrected chi connectivity index (χ1v) is 12.0. The van der Waals surface area contributed by atoms with Crippen molar-refractivity contribution >= 4 is 48.1 Å². The minimum atomic E-state index is -1.35. The van der Waals surface area contributed by atoms with Crippen LogP contribution in [0.4, 0.5) is 0 Å². The third-order valence-corrected chi connectivity index (χ3v) is 5.42. The van der Waals surface area contributed by atoms with Gasteiger partial charge in [-0.3, -0.25) is 14.4 Å². The first-order valence-electron chi connectivity index (χ1n) is 9.96. The van der Waals surface area contributed by atoms with E-state index in [2.05, 4.69) is 28.6 Å². The summed E-state index contributed by atoms with van der Waals surface area (Å²) in [5, 5.41) is 26.3. The molecular weight excluding hydrogens is 446 g/mol. The lowest BCUT2D eigenvalue weighted by atomic mass is 10.1. The summed E-state index contributed by atoms with van der Waals surface area (Å²) < 4.78 is 0. The largest absolute Gasteiger partial charge is 0.480 e. The standard InChI is InChI=1S/C18H35N5O6S2/c1-10(24)14(23-15(25)11(20)5-3-4-7-19)17(27)22-13(9-30)16(26)21-12(18(28)29)6-8-31-2/h10-14,24,30H,3-9,19-20H2,1-2H3,(H,21,26)(H,22,27)(H,23,25)(H,28,29). The molecule has 9 N–H and O–H groups in total. The fourth-order valence-electron chi connectivity index (χ4n) is 2.53. The summed E-state index contributed by atoms with van der Waals surface area (Å²) in [6, 6.07) is -4.51. The summed E-state index contributed by atoms with van der Waals surface area (Å²) in [6.07, 6.45) is 2.47. The zero-order valence-electron chi connectivity index (χ0n) is 17.9. The number of amides is 3. The van der Waals surface area contributed by atoms with E-state index < -0.39 is 54.0 Å². The van der Waals surface area contributed by atoms with Gasteiger partial charge in [0.1, 0.15) is 18.1 Å². The highest BCUT2D eigenvalue weighted by molar-refractivity contribution is 7.98. The van der Waals surface area contributed by atoms with Crippen molar-refractivity contribution in [3.05, 3.63) is 0 Å². The van der Waals surface area contributed by atoms with Crippen molar-refractivity contribution in [2.45, 2.75) is 62.9 Å². The summed E-state index contributed by atoms with van der Waals surface area (Å²) in [5.74, 6) is -2.95. The summed E-state index contributed by atoms with van der Waals surface area (Å²) in [6.45, 7) is 1.78. The Balaban J connectivity index is 5.03. The predicted molar refractivity (Wildman–Crippen MR) is 123 cm³/mol. The Morgan fingerprint density at radius 3 is 2.10 bits per heavy atom. The Hall–Kier alpha value is -1.54. The molecule has 0 radical (unpaired) electrons. The molecule has 0 spiro atoms. The Kier molecular flexibility index (Phi) is 15.3. The molecule has 0 saturated carbocycles. The van der Waals surface area contributed by atoms with Crippen LogP contribution in [-0.2, 0) is 19.2 Å². The lowest BCUT2D eigenvalue weighted by Crippen LogP contribution is -2.60. The van der Waals surface area contributed by atoms with Crippen molar-refractivity contribution in [3.63, 3.8) is 0 Å². The van der Waals surface area contributed by atoms with E-state index in [0.717, 1.165) is 0 Å². The van der Waals surface area contributed by atoms with Crippen LogP contribution >= 0.6 is 24.4 Å². The number of carboxylic acids is 1. The number of rotatable bonds is 16. The number of thiol groups is 1. The van der Waals surface area contributed by atoms with Crippen molar-refractivity contribution < 1.29 is 29.4 Å². The fourth-order valence-corrected chi connectivity index (χ4v) is 3.25. The van der Waals surface area contributed by atoms with E-state index in [4.69, 9.17) is 11.5 Å². The highest BCUT2D eigenvalue weighted by atomic mass is 32.2. The number of unbranched alkanes of at least 4 members (excludes halogenated alkanes) is 1. The van der Waals surface area contributed by atoms with Gasteiger partial charge in [0, 0.05) is 5.75 Å². The van der Waals surface area contributed by atoms with Crippen LogP contribution in [0.1, 0.15) is 32.6 Å². The van der Waals surface area contributed by atoms with Crippen LogP contribution in [0.2, 0.25) is 0 Å². The molecule has 0 aromatic carbocycles. The second-order valence-electron chi connectivity index (χ2n) is 7.04. The lowest BCUT2D eigenvalue weighted by molar-refractivity contribution is -0.142. The molecule has 0 aliphatic rings. The van der Waals surface area contributed by atoms with Gasteiger partial charge in [-0.05, 0) is 44.7 Å². The molecule has 0 aliphatic heterocycles. The average molecular weight is 482 g/mol. The Morgan fingerprint density at radius 2 is 1.61 bits per heavy atom. The number of carboxylic acid groups (broad SMARTS) is 1. The maximum absolute atomic E-state index is 12.6. The number of thioether (sulfide) groups is 1. The van der Waals surface area contributed by atoms with Gasteiger partial charge in [-0.2, -0.15) is 24.4 Å². The molecule has 0 fully saturated rings. The molecule has 11 nitrogen and oxygen atoms in total. The minimum absolute atomic E-state index is 0.120. The Bertz CT molecular complexity index is 596. The molecule has 0 saturated heterocycles. The maximum atomic E-state index is 12.6. The highest BCUT2D eigenvalue weighted by Gasteiger charge is 2.31. The normalized spacial score (nSPS) is 15.8. The van der Waals surface area contributed by atoms with Crippen molar-refractivity contribution in [2.75, 3.05) is 24.3 Å².